The fourth-order valence-corrected chi connectivity index (χ4v) is 4.66. The lowest BCUT2D eigenvalue weighted by atomic mass is 9.94. The number of rotatable bonds is 5. The summed E-state index contributed by atoms with van der Waals surface area (Å²) in [6, 6.07) is 19.9. The van der Waals surface area contributed by atoms with Crippen LogP contribution in [0, 0.1) is 13.8 Å². The second-order valence-corrected chi connectivity index (χ2v) is 8.86. The van der Waals surface area contributed by atoms with E-state index in [4.69, 9.17) is 4.74 Å². The molecule has 1 saturated heterocycles. The van der Waals surface area contributed by atoms with Crippen molar-refractivity contribution in [2.24, 2.45) is 0 Å². The number of ketones is 1. The van der Waals surface area contributed by atoms with Crippen LogP contribution < -0.4 is 4.74 Å². The molecule has 6 heteroatoms. The zero-order valence-electron chi connectivity index (χ0n) is 19.8. The van der Waals surface area contributed by atoms with Crippen LogP contribution in [0.4, 0.5) is 0 Å². The summed E-state index contributed by atoms with van der Waals surface area (Å²) in [5, 5.41) is 12.3. The van der Waals surface area contributed by atoms with Crippen LogP contribution in [0.3, 0.4) is 0 Å². The molecule has 2 heterocycles. The highest BCUT2D eigenvalue weighted by Crippen LogP contribution is 2.42. The van der Waals surface area contributed by atoms with E-state index in [9.17, 15) is 14.7 Å². The summed E-state index contributed by atoms with van der Waals surface area (Å²) in [5.74, 6) is -0.788. The summed E-state index contributed by atoms with van der Waals surface area (Å²) < 4.78 is 5.24. The number of Topliss-reactive ketones (excluding diaryl/α,β-unsaturated/α-hetero) is 1. The van der Waals surface area contributed by atoms with Gasteiger partial charge in [0.1, 0.15) is 11.5 Å². The minimum atomic E-state index is -0.741. The second-order valence-electron chi connectivity index (χ2n) is 8.86. The van der Waals surface area contributed by atoms with Crippen molar-refractivity contribution in [3.63, 3.8) is 0 Å². The first-order valence-corrected chi connectivity index (χ1v) is 11.4. The fourth-order valence-electron chi connectivity index (χ4n) is 4.66. The largest absolute Gasteiger partial charge is 0.507 e. The van der Waals surface area contributed by atoms with Crippen LogP contribution in [0.25, 0.3) is 16.7 Å². The van der Waals surface area contributed by atoms with Crippen molar-refractivity contribution < 1.29 is 19.4 Å². The number of benzene rings is 3. The summed E-state index contributed by atoms with van der Waals surface area (Å²) >= 11 is 0. The van der Waals surface area contributed by atoms with Gasteiger partial charge in [0.2, 0.25) is 0 Å². The Morgan fingerprint density at radius 1 is 1.00 bits per heavy atom. The zero-order valence-corrected chi connectivity index (χ0v) is 19.8. The van der Waals surface area contributed by atoms with Crippen molar-refractivity contribution >= 4 is 28.4 Å². The third-order valence-electron chi connectivity index (χ3n) is 6.75. The van der Waals surface area contributed by atoms with E-state index < -0.39 is 17.7 Å². The lowest BCUT2D eigenvalue weighted by Gasteiger charge is -2.25. The van der Waals surface area contributed by atoms with Gasteiger partial charge in [-0.05, 0) is 54.8 Å². The Morgan fingerprint density at radius 3 is 2.46 bits per heavy atom. The summed E-state index contributed by atoms with van der Waals surface area (Å²) in [7, 11) is 1.59. The summed E-state index contributed by atoms with van der Waals surface area (Å²) in [6.07, 6.45) is 1.82. The molecular weight excluding hydrogens is 440 g/mol. The minimum Gasteiger partial charge on any atom is -0.507 e. The molecule has 0 spiro atoms. The van der Waals surface area contributed by atoms with Crippen molar-refractivity contribution in [3.8, 4) is 5.75 Å². The van der Waals surface area contributed by atoms with Crippen LogP contribution in [0.15, 0.2) is 78.5 Å². The number of ether oxygens (including phenoxy) is 1. The molecule has 1 unspecified atom stereocenters. The lowest BCUT2D eigenvalue weighted by molar-refractivity contribution is -0.140. The predicted octanol–water partition coefficient (Wildman–Crippen LogP) is 5.42. The quantitative estimate of drug-likeness (QED) is 0.234. The van der Waals surface area contributed by atoms with Gasteiger partial charge in [0.25, 0.3) is 11.7 Å². The molecule has 1 amide bonds. The number of aliphatic hydroxyl groups excluding tert-OH is 1. The number of nitrogens with one attached hydrogen (secondary N) is 1. The number of aliphatic hydroxyl groups is 1. The third-order valence-corrected chi connectivity index (χ3v) is 6.75. The Labute approximate surface area is 203 Å². The summed E-state index contributed by atoms with van der Waals surface area (Å²) in [4.78, 5) is 31.5. The van der Waals surface area contributed by atoms with Gasteiger partial charge >= 0.3 is 0 Å². The smallest absolute Gasteiger partial charge is 0.295 e. The predicted molar refractivity (Wildman–Crippen MR) is 135 cm³/mol. The van der Waals surface area contributed by atoms with Gasteiger partial charge in [-0.2, -0.15) is 0 Å². The van der Waals surface area contributed by atoms with Gasteiger partial charge < -0.3 is 19.7 Å². The van der Waals surface area contributed by atoms with Gasteiger partial charge in [-0.25, -0.2) is 0 Å². The number of fused-ring (bicyclic) bond motifs is 1. The van der Waals surface area contributed by atoms with Gasteiger partial charge in [0.05, 0.1) is 18.7 Å². The number of aromatic nitrogens is 1. The van der Waals surface area contributed by atoms with Crippen LogP contribution in [0.5, 0.6) is 5.75 Å². The molecule has 1 atom stereocenters. The Kier molecular flexibility index (Phi) is 5.65. The average Bonchev–Trinajstić information content (AvgIpc) is 3.40. The maximum Gasteiger partial charge on any atom is 0.295 e. The van der Waals surface area contributed by atoms with Crippen molar-refractivity contribution in [1.29, 1.82) is 0 Å². The highest BCUT2D eigenvalue weighted by Gasteiger charge is 2.46. The van der Waals surface area contributed by atoms with E-state index >= 15 is 0 Å². The Morgan fingerprint density at radius 2 is 1.74 bits per heavy atom. The Bertz CT molecular complexity index is 1480. The number of hydrogen-bond acceptors (Lipinski definition) is 4. The van der Waals surface area contributed by atoms with Crippen molar-refractivity contribution in [3.05, 3.63) is 106 Å². The molecule has 4 aromatic rings. The van der Waals surface area contributed by atoms with E-state index in [1.54, 1.807) is 13.2 Å². The number of carbonyl (C=O) groups is 2. The number of aryl methyl sites for hydroxylation is 2. The number of carbonyl (C=O) groups excluding carboxylic acids is 2. The van der Waals surface area contributed by atoms with Gasteiger partial charge in [-0.15, -0.1) is 0 Å². The van der Waals surface area contributed by atoms with Crippen LogP contribution in [-0.2, 0) is 16.1 Å². The Balaban J connectivity index is 1.68. The van der Waals surface area contributed by atoms with Crippen LogP contribution >= 0.6 is 0 Å². The van der Waals surface area contributed by atoms with Gasteiger partial charge in [0.15, 0.2) is 0 Å². The number of methoxy groups -OCH3 is 1. The SMILES string of the molecule is COc1ccc(CN2C(=O)C(=O)/C(=C(/O)c3ccc(C)c(C)c3)C2c2c[nH]c3ccccc23)cc1. The molecule has 176 valence electrons. The lowest BCUT2D eigenvalue weighted by Crippen LogP contribution is -2.29. The molecule has 6 nitrogen and oxygen atoms in total. The maximum atomic E-state index is 13.4. The van der Waals surface area contributed by atoms with Gasteiger partial charge in [-0.1, -0.05) is 42.5 Å². The molecule has 0 bridgehead atoms. The maximum absolute atomic E-state index is 13.4. The molecule has 0 radical (unpaired) electrons. The number of aromatic amines is 1. The van der Waals surface area contributed by atoms with Crippen LogP contribution in [-0.4, -0.2) is 33.8 Å². The van der Waals surface area contributed by atoms with E-state index in [2.05, 4.69) is 4.98 Å². The number of hydrogen-bond donors (Lipinski definition) is 2. The summed E-state index contributed by atoms with van der Waals surface area (Å²) in [5.41, 5.74) is 5.18. The number of para-hydroxylation sites is 1. The zero-order chi connectivity index (χ0) is 24.7. The number of H-pyrrole nitrogens is 1. The van der Waals surface area contributed by atoms with Crippen molar-refractivity contribution in [1.82, 2.24) is 9.88 Å². The van der Waals surface area contributed by atoms with Gasteiger partial charge in [-0.3, -0.25) is 9.59 Å². The molecule has 5 rings (SSSR count). The Hall–Kier alpha value is -4.32. The molecule has 1 aromatic heterocycles. The minimum absolute atomic E-state index is 0.0940. The highest BCUT2D eigenvalue weighted by molar-refractivity contribution is 6.46. The molecule has 0 aliphatic carbocycles. The van der Waals surface area contributed by atoms with Crippen LogP contribution in [0.1, 0.15) is 33.9 Å². The highest BCUT2D eigenvalue weighted by atomic mass is 16.5. The first kappa shape index (κ1) is 22.5. The number of amides is 1. The van der Waals surface area contributed by atoms with Crippen LogP contribution in [0.2, 0.25) is 0 Å². The van der Waals surface area contributed by atoms with E-state index in [0.717, 1.165) is 33.2 Å². The molecule has 1 aliphatic heterocycles. The molecule has 0 saturated carbocycles. The standard InChI is InChI=1S/C29H26N2O4/c1-17-8-11-20(14-18(17)2)27(32)25-26(23-15-30-24-7-5-4-6-22(23)24)31(29(34)28(25)33)16-19-9-12-21(35-3)13-10-19/h4-15,26,30,32H,16H2,1-3H3/b27-25+. The monoisotopic (exact) mass is 466 g/mol. The fraction of sp³-hybridized carbons (Fsp3) is 0.172. The van der Waals surface area contributed by atoms with E-state index in [1.807, 2.05) is 80.7 Å². The van der Waals surface area contributed by atoms with Crippen molar-refractivity contribution in [2.75, 3.05) is 7.11 Å². The number of nitrogens with zero attached hydrogens (tertiary/aromatic N) is 1. The molecule has 1 fully saturated rings. The molecular formula is C29H26N2O4. The van der Waals surface area contributed by atoms with E-state index in [-0.39, 0.29) is 17.9 Å². The van der Waals surface area contributed by atoms with Crippen molar-refractivity contribution in [2.45, 2.75) is 26.4 Å². The third kappa shape index (κ3) is 3.87. The first-order valence-electron chi connectivity index (χ1n) is 11.4. The average molecular weight is 467 g/mol. The van der Waals surface area contributed by atoms with E-state index in [0.29, 0.717) is 11.3 Å². The second kappa shape index (κ2) is 8.80. The topological polar surface area (TPSA) is 82.6 Å². The normalized spacial score (nSPS) is 17.3. The van der Waals surface area contributed by atoms with Gasteiger partial charge in [0, 0.05) is 34.8 Å². The molecule has 2 N–H and O–H groups in total. The molecule has 35 heavy (non-hydrogen) atoms. The summed E-state index contributed by atoms with van der Waals surface area (Å²) in [6.45, 7) is 4.15. The first-order chi connectivity index (χ1) is 16.9. The molecule has 3 aromatic carbocycles. The molecule has 1 aliphatic rings. The van der Waals surface area contributed by atoms with E-state index in [1.165, 1.54) is 4.90 Å². The number of likely N-dealkylation sites (tertiary alicyclic amines) is 1.